The average Bonchev–Trinajstić information content (AvgIpc) is 3.09. The van der Waals surface area contributed by atoms with Crippen molar-refractivity contribution in [3.05, 3.63) is 47.7 Å². The number of carbonyl (C=O) groups is 5. The van der Waals surface area contributed by atoms with Crippen LogP contribution in [0, 0.1) is 11.3 Å². The molecule has 55 heavy (non-hydrogen) atoms. The van der Waals surface area contributed by atoms with Crippen molar-refractivity contribution in [3.8, 4) is 0 Å². The van der Waals surface area contributed by atoms with Gasteiger partial charge in [0.2, 0.25) is 3.79 Å². The van der Waals surface area contributed by atoms with Crippen LogP contribution < -0.4 is 16.1 Å². The first-order valence-electron chi connectivity index (χ1n) is 18.0. The Bertz CT molecular complexity index is 1710. The lowest BCUT2D eigenvalue weighted by Crippen LogP contribution is -2.61. The molecule has 1 aliphatic rings. The molecule has 0 saturated carbocycles. The van der Waals surface area contributed by atoms with Crippen molar-refractivity contribution >= 4 is 81.6 Å². The standard InChI is InChI=1S/C38H52Cl3N5O9/c1-23(2)30(31(47)44-29(21-52-8)32(48)46-19-9-10-27(45-46)33(49)53-22-38(39,40)41)54-34(50)37(6,7)17-15-24-11-12-25-13-14-26(43-28(25)20-24)16-18-42-35(51)55-36(3,4)5/h11-15,17,20,23,27,29-30,45H,9-10,16,18-19,21-22H2,1-8H3,(H,42,51)(H,44,47)/b17-15+/t27-,29+,30-/m0/s1. The topological polar surface area (TPSA) is 174 Å². The second-order valence-electron chi connectivity index (χ2n) is 15.1. The number of hydrogen-bond acceptors (Lipinski definition) is 11. The SMILES string of the molecule is COC[C@@H](NC(=O)[C@@H](OC(=O)C(C)(C)/C=C/c1ccc2ccc(CCNC(=O)OC(C)(C)C)nc2c1)C(C)C)C(=O)N1CCC[C@@H](C(=O)OCC(Cl)(Cl)Cl)N1. The van der Waals surface area contributed by atoms with Crippen LogP contribution in [-0.4, -0.2) is 101 Å². The van der Waals surface area contributed by atoms with Gasteiger partial charge in [-0.05, 0) is 71.1 Å². The number of ether oxygens (including phenoxy) is 4. The monoisotopic (exact) mass is 827 g/mol. The Labute approximate surface area is 337 Å². The van der Waals surface area contributed by atoms with E-state index in [9.17, 15) is 24.0 Å². The van der Waals surface area contributed by atoms with E-state index in [0.29, 0.717) is 25.8 Å². The number of esters is 2. The van der Waals surface area contributed by atoms with E-state index in [4.69, 9.17) is 58.7 Å². The molecule has 1 aliphatic heterocycles. The summed E-state index contributed by atoms with van der Waals surface area (Å²) in [6.45, 7) is 12.1. The molecule has 3 atom stereocenters. The maximum atomic E-state index is 13.6. The first kappa shape index (κ1) is 45.7. The van der Waals surface area contributed by atoms with Gasteiger partial charge in [0.05, 0.1) is 17.5 Å². The van der Waals surface area contributed by atoms with E-state index in [1.807, 2.05) is 30.3 Å². The predicted octanol–water partition coefficient (Wildman–Crippen LogP) is 5.45. The van der Waals surface area contributed by atoms with E-state index in [1.165, 1.54) is 12.1 Å². The van der Waals surface area contributed by atoms with Gasteiger partial charge in [-0.25, -0.2) is 10.2 Å². The Hall–Kier alpha value is -3.69. The number of benzene rings is 1. The lowest BCUT2D eigenvalue weighted by Gasteiger charge is -2.35. The summed E-state index contributed by atoms with van der Waals surface area (Å²) >= 11 is 17.0. The Morgan fingerprint density at radius 1 is 1.05 bits per heavy atom. The third-order valence-corrected chi connectivity index (χ3v) is 8.53. The van der Waals surface area contributed by atoms with Crippen molar-refractivity contribution in [2.24, 2.45) is 11.3 Å². The molecule has 2 heterocycles. The minimum atomic E-state index is -1.79. The molecule has 14 nitrogen and oxygen atoms in total. The molecule has 304 valence electrons. The predicted molar refractivity (Wildman–Crippen MR) is 210 cm³/mol. The molecule has 0 bridgehead atoms. The summed E-state index contributed by atoms with van der Waals surface area (Å²) in [4.78, 5) is 69.9. The van der Waals surface area contributed by atoms with E-state index in [2.05, 4.69) is 16.1 Å². The highest BCUT2D eigenvalue weighted by Gasteiger charge is 2.38. The third-order valence-electron chi connectivity index (χ3n) is 8.20. The Kier molecular flexibility index (Phi) is 16.6. The molecule has 17 heteroatoms. The molecule has 2 aromatic rings. The summed E-state index contributed by atoms with van der Waals surface area (Å²) in [5, 5.41) is 7.53. The summed E-state index contributed by atoms with van der Waals surface area (Å²) < 4.78 is 19.5. The van der Waals surface area contributed by atoms with Crippen LogP contribution in [0.2, 0.25) is 0 Å². The van der Waals surface area contributed by atoms with Gasteiger partial charge < -0.3 is 29.6 Å². The maximum absolute atomic E-state index is 13.6. The van der Waals surface area contributed by atoms with Gasteiger partial charge in [0.15, 0.2) is 6.10 Å². The molecule has 0 radical (unpaired) electrons. The molecule has 1 aromatic carbocycles. The van der Waals surface area contributed by atoms with Crippen LogP contribution in [0.4, 0.5) is 4.79 Å². The fourth-order valence-electron chi connectivity index (χ4n) is 5.31. The van der Waals surface area contributed by atoms with Gasteiger partial charge >= 0.3 is 18.0 Å². The van der Waals surface area contributed by atoms with Crippen LogP contribution in [0.15, 0.2) is 36.4 Å². The molecule has 3 amide bonds. The molecular formula is C38H52Cl3N5O9. The summed E-state index contributed by atoms with van der Waals surface area (Å²) in [6, 6.07) is 7.51. The largest absolute Gasteiger partial charge is 0.460 e. The summed E-state index contributed by atoms with van der Waals surface area (Å²) in [7, 11) is 1.37. The van der Waals surface area contributed by atoms with Crippen LogP contribution in [0.5, 0.6) is 0 Å². The van der Waals surface area contributed by atoms with Crippen molar-refractivity contribution in [2.75, 3.05) is 33.4 Å². The smallest absolute Gasteiger partial charge is 0.407 e. The second-order valence-corrected chi connectivity index (χ2v) is 17.6. The lowest BCUT2D eigenvalue weighted by molar-refractivity contribution is -0.165. The van der Waals surface area contributed by atoms with Gasteiger partial charge in [-0.15, -0.1) is 0 Å². The van der Waals surface area contributed by atoms with E-state index < -0.39 is 75.4 Å². The molecule has 1 aromatic heterocycles. The fourth-order valence-corrected chi connectivity index (χ4v) is 5.47. The maximum Gasteiger partial charge on any atom is 0.407 e. The number of amides is 3. The van der Waals surface area contributed by atoms with E-state index in [0.717, 1.165) is 22.2 Å². The third kappa shape index (κ3) is 15.1. The molecule has 0 unspecified atom stereocenters. The van der Waals surface area contributed by atoms with Gasteiger partial charge in [-0.2, -0.15) is 0 Å². The summed E-state index contributed by atoms with van der Waals surface area (Å²) in [5.74, 6) is -3.06. The normalized spacial score (nSPS) is 16.4. The minimum absolute atomic E-state index is 0.191. The van der Waals surface area contributed by atoms with Crippen molar-refractivity contribution in [3.63, 3.8) is 0 Å². The number of pyridine rings is 1. The van der Waals surface area contributed by atoms with E-state index >= 15 is 0 Å². The van der Waals surface area contributed by atoms with Crippen molar-refractivity contribution < 1.29 is 42.9 Å². The number of alkyl carbamates (subject to hydrolysis) is 1. The zero-order chi connectivity index (χ0) is 41.1. The number of rotatable bonds is 15. The lowest BCUT2D eigenvalue weighted by atomic mass is 9.92. The van der Waals surface area contributed by atoms with Gasteiger partial charge in [0.1, 0.15) is 24.3 Å². The fraction of sp³-hybridized carbons (Fsp3) is 0.579. The first-order chi connectivity index (χ1) is 25.6. The van der Waals surface area contributed by atoms with E-state index in [1.54, 1.807) is 60.6 Å². The highest BCUT2D eigenvalue weighted by Crippen LogP contribution is 2.27. The molecule has 1 saturated heterocycles. The second kappa shape index (κ2) is 19.9. The summed E-state index contributed by atoms with van der Waals surface area (Å²) in [5.41, 5.74) is 3.40. The van der Waals surface area contributed by atoms with Crippen LogP contribution in [0.1, 0.15) is 72.6 Å². The quantitative estimate of drug-likeness (QED) is 0.118. The summed E-state index contributed by atoms with van der Waals surface area (Å²) in [6.07, 6.45) is 3.08. The molecule has 1 fully saturated rings. The zero-order valence-electron chi connectivity index (χ0n) is 32.5. The molecule has 0 aliphatic carbocycles. The number of aromatic nitrogens is 1. The van der Waals surface area contributed by atoms with Crippen LogP contribution >= 0.6 is 34.8 Å². The van der Waals surface area contributed by atoms with Crippen LogP contribution in [0.25, 0.3) is 17.0 Å². The van der Waals surface area contributed by atoms with Gasteiger partial charge in [-0.3, -0.25) is 29.2 Å². The van der Waals surface area contributed by atoms with Gasteiger partial charge in [0.25, 0.3) is 11.8 Å². The number of carbonyl (C=O) groups excluding carboxylic acids is 5. The van der Waals surface area contributed by atoms with Crippen molar-refractivity contribution in [1.29, 1.82) is 0 Å². The Balaban J connectivity index is 1.64. The Morgan fingerprint density at radius 3 is 2.38 bits per heavy atom. The number of methoxy groups -OCH3 is 1. The van der Waals surface area contributed by atoms with Crippen LogP contribution in [-0.2, 0) is 44.5 Å². The molecule has 3 N–H and O–H groups in total. The zero-order valence-corrected chi connectivity index (χ0v) is 34.8. The van der Waals surface area contributed by atoms with Gasteiger partial charge in [-0.1, -0.05) is 79.0 Å². The Morgan fingerprint density at radius 2 is 1.75 bits per heavy atom. The number of hydrazine groups is 1. The highest BCUT2D eigenvalue weighted by molar-refractivity contribution is 6.67. The number of fused-ring (bicyclic) bond motifs is 1. The van der Waals surface area contributed by atoms with Crippen LogP contribution in [0.3, 0.4) is 0 Å². The van der Waals surface area contributed by atoms with E-state index in [-0.39, 0.29) is 13.2 Å². The van der Waals surface area contributed by atoms with Crippen molar-refractivity contribution in [2.45, 2.75) is 95.3 Å². The number of nitrogens with zero attached hydrogens (tertiary/aromatic N) is 2. The highest BCUT2D eigenvalue weighted by atomic mass is 35.6. The van der Waals surface area contributed by atoms with Crippen molar-refractivity contribution in [1.82, 2.24) is 26.1 Å². The molecule has 3 rings (SSSR count). The number of nitrogens with one attached hydrogen (secondary N) is 3. The average molecular weight is 829 g/mol. The number of alkyl halides is 3. The number of hydrogen-bond donors (Lipinski definition) is 3. The molecule has 0 spiro atoms. The number of halogens is 3. The minimum Gasteiger partial charge on any atom is -0.460 e. The van der Waals surface area contributed by atoms with Gasteiger partial charge in [0, 0.05) is 37.7 Å². The first-order valence-corrected chi connectivity index (χ1v) is 19.1. The molecular weight excluding hydrogens is 777 g/mol.